The Labute approximate surface area is 120 Å². The fourth-order valence-corrected chi connectivity index (χ4v) is 3.65. The van der Waals surface area contributed by atoms with Crippen molar-refractivity contribution in [2.75, 3.05) is 0 Å². The van der Waals surface area contributed by atoms with Gasteiger partial charge in [0.1, 0.15) is 16.1 Å². The molecule has 102 valence electrons. The maximum atomic E-state index is 11.6. The number of carboxylic acid groups (broad SMARTS) is 1. The molecule has 2 aromatic rings. The van der Waals surface area contributed by atoms with Crippen LogP contribution in [0.5, 0.6) is 0 Å². The molecule has 0 fully saturated rings. The number of aliphatic carboxylic acids is 1. The van der Waals surface area contributed by atoms with E-state index in [0.717, 1.165) is 15.7 Å². The maximum Gasteiger partial charge on any atom is 0.315 e. The predicted molar refractivity (Wildman–Crippen MR) is 77.9 cm³/mol. The third kappa shape index (κ3) is 2.42. The number of carboxylic acids is 1. The second-order valence-corrected chi connectivity index (χ2v) is 6.30. The minimum Gasteiger partial charge on any atom is -0.481 e. The Bertz CT molecular complexity index is 585. The van der Waals surface area contributed by atoms with Crippen molar-refractivity contribution in [2.24, 2.45) is 0 Å². The van der Waals surface area contributed by atoms with Crippen LogP contribution in [0.1, 0.15) is 37.4 Å². The van der Waals surface area contributed by atoms with Gasteiger partial charge in [0, 0.05) is 10.8 Å². The number of aryl methyl sites for hydroxylation is 1. The predicted octanol–water partition coefficient (Wildman–Crippen LogP) is 3.72. The van der Waals surface area contributed by atoms with E-state index in [2.05, 4.69) is 9.97 Å². The summed E-state index contributed by atoms with van der Waals surface area (Å²) in [5, 5.41) is 15.1. The van der Waals surface area contributed by atoms with E-state index in [-0.39, 0.29) is 0 Å². The first-order chi connectivity index (χ1) is 9.03. The van der Waals surface area contributed by atoms with Gasteiger partial charge in [-0.25, -0.2) is 9.97 Å². The number of nitrogens with zero attached hydrogens (tertiary/aromatic N) is 2. The van der Waals surface area contributed by atoms with Crippen molar-refractivity contribution in [3.63, 3.8) is 0 Å². The van der Waals surface area contributed by atoms with Crippen molar-refractivity contribution < 1.29 is 9.90 Å². The molecule has 19 heavy (non-hydrogen) atoms. The Balaban J connectivity index is 2.42. The van der Waals surface area contributed by atoms with Gasteiger partial charge in [-0.15, -0.1) is 22.7 Å². The summed E-state index contributed by atoms with van der Waals surface area (Å²) in [6.45, 7) is 5.73. The van der Waals surface area contributed by atoms with Crippen molar-refractivity contribution in [2.45, 2.75) is 39.0 Å². The van der Waals surface area contributed by atoms with Crippen LogP contribution in [0.2, 0.25) is 0 Å². The molecule has 0 bridgehead atoms. The standard InChI is InChI=1S/C13H16N2O2S2/c1-4-13(5-2,12(16)17)10-7-19-11(15-10)9-6-18-8(3)14-9/h6-7H,4-5H2,1-3H3,(H,16,17). The van der Waals surface area contributed by atoms with Crippen LogP contribution in [0.25, 0.3) is 10.7 Å². The van der Waals surface area contributed by atoms with E-state index in [0.29, 0.717) is 18.5 Å². The van der Waals surface area contributed by atoms with E-state index in [1.807, 2.05) is 31.5 Å². The summed E-state index contributed by atoms with van der Waals surface area (Å²) < 4.78 is 0. The van der Waals surface area contributed by atoms with Crippen molar-refractivity contribution in [3.8, 4) is 10.7 Å². The normalized spacial score (nSPS) is 11.7. The van der Waals surface area contributed by atoms with Crippen molar-refractivity contribution >= 4 is 28.6 Å². The molecule has 4 nitrogen and oxygen atoms in total. The molecule has 2 aromatic heterocycles. The first-order valence-corrected chi connectivity index (χ1v) is 7.91. The minimum atomic E-state index is -0.875. The Morgan fingerprint density at radius 3 is 2.42 bits per heavy atom. The van der Waals surface area contributed by atoms with E-state index in [1.165, 1.54) is 11.3 Å². The highest BCUT2D eigenvalue weighted by Gasteiger charge is 2.39. The van der Waals surface area contributed by atoms with E-state index in [4.69, 9.17) is 0 Å². The van der Waals surface area contributed by atoms with Crippen molar-refractivity contribution in [1.82, 2.24) is 9.97 Å². The van der Waals surface area contributed by atoms with E-state index in [9.17, 15) is 9.90 Å². The van der Waals surface area contributed by atoms with Crippen LogP contribution in [0.15, 0.2) is 10.8 Å². The lowest BCUT2D eigenvalue weighted by Crippen LogP contribution is -2.34. The number of hydrogen-bond acceptors (Lipinski definition) is 5. The molecule has 0 spiro atoms. The van der Waals surface area contributed by atoms with Crippen LogP contribution in [0, 0.1) is 6.92 Å². The molecule has 0 aliphatic rings. The second-order valence-electron chi connectivity index (χ2n) is 4.38. The molecule has 6 heteroatoms. The van der Waals surface area contributed by atoms with E-state index in [1.54, 1.807) is 11.3 Å². The highest BCUT2D eigenvalue weighted by atomic mass is 32.1. The van der Waals surface area contributed by atoms with Crippen LogP contribution in [0.3, 0.4) is 0 Å². The highest BCUT2D eigenvalue weighted by Crippen LogP contribution is 2.35. The number of carbonyl (C=O) groups is 1. The van der Waals surface area contributed by atoms with Crippen LogP contribution < -0.4 is 0 Å². The molecule has 0 aliphatic carbocycles. The zero-order valence-electron chi connectivity index (χ0n) is 11.1. The molecule has 0 atom stereocenters. The second kappa shape index (κ2) is 5.38. The van der Waals surface area contributed by atoms with Gasteiger partial charge in [0.2, 0.25) is 0 Å². The number of aromatic nitrogens is 2. The van der Waals surface area contributed by atoms with Crippen LogP contribution >= 0.6 is 22.7 Å². The summed E-state index contributed by atoms with van der Waals surface area (Å²) in [7, 11) is 0. The lowest BCUT2D eigenvalue weighted by molar-refractivity contribution is -0.144. The topological polar surface area (TPSA) is 63.1 Å². The fourth-order valence-electron chi connectivity index (χ4n) is 2.10. The molecule has 0 saturated heterocycles. The monoisotopic (exact) mass is 296 g/mol. The smallest absolute Gasteiger partial charge is 0.315 e. The van der Waals surface area contributed by atoms with Crippen molar-refractivity contribution in [3.05, 3.63) is 21.5 Å². The van der Waals surface area contributed by atoms with E-state index >= 15 is 0 Å². The van der Waals surface area contributed by atoms with Gasteiger partial charge in [-0.05, 0) is 19.8 Å². The summed E-state index contributed by atoms with van der Waals surface area (Å²) in [4.78, 5) is 20.5. The third-order valence-electron chi connectivity index (χ3n) is 3.45. The molecule has 1 N–H and O–H groups in total. The molecule has 0 amide bonds. The van der Waals surface area contributed by atoms with Crippen LogP contribution in [-0.2, 0) is 10.2 Å². The van der Waals surface area contributed by atoms with E-state index < -0.39 is 11.4 Å². The van der Waals surface area contributed by atoms with Crippen LogP contribution in [0.4, 0.5) is 0 Å². The summed E-state index contributed by atoms with van der Waals surface area (Å²) in [6, 6.07) is 0. The summed E-state index contributed by atoms with van der Waals surface area (Å²) in [5.74, 6) is -0.802. The largest absolute Gasteiger partial charge is 0.481 e. The average Bonchev–Trinajstić information content (AvgIpc) is 3.00. The summed E-state index contributed by atoms with van der Waals surface area (Å²) in [6.07, 6.45) is 1.08. The van der Waals surface area contributed by atoms with Gasteiger partial charge in [0.15, 0.2) is 0 Å². The molecule has 2 heterocycles. The lowest BCUT2D eigenvalue weighted by atomic mass is 9.80. The van der Waals surface area contributed by atoms with Gasteiger partial charge < -0.3 is 5.11 Å². The Morgan fingerprint density at radius 2 is 1.95 bits per heavy atom. The molecule has 2 rings (SSSR count). The number of thiazole rings is 2. The first kappa shape index (κ1) is 14.1. The third-order valence-corrected chi connectivity index (χ3v) is 5.09. The minimum absolute atomic E-state index is 0.540. The Morgan fingerprint density at radius 1 is 1.26 bits per heavy atom. The SMILES string of the molecule is CCC(CC)(C(=O)O)c1csc(-c2csc(C)n2)n1. The molecule has 0 aromatic carbocycles. The van der Waals surface area contributed by atoms with Gasteiger partial charge in [-0.3, -0.25) is 4.79 Å². The summed E-state index contributed by atoms with van der Waals surface area (Å²) >= 11 is 3.03. The first-order valence-electron chi connectivity index (χ1n) is 6.15. The number of rotatable bonds is 5. The van der Waals surface area contributed by atoms with Gasteiger partial charge in [-0.2, -0.15) is 0 Å². The zero-order chi connectivity index (χ0) is 14.0. The molecule has 0 radical (unpaired) electrons. The molecular weight excluding hydrogens is 280 g/mol. The molecular formula is C13H16N2O2S2. The number of hydrogen-bond donors (Lipinski definition) is 1. The van der Waals surface area contributed by atoms with Crippen molar-refractivity contribution in [1.29, 1.82) is 0 Å². The van der Waals surface area contributed by atoms with Crippen LogP contribution in [-0.4, -0.2) is 21.0 Å². The van der Waals surface area contributed by atoms with Gasteiger partial charge in [0.05, 0.1) is 10.7 Å². The summed E-state index contributed by atoms with van der Waals surface area (Å²) in [5.41, 5.74) is 0.612. The van der Waals surface area contributed by atoms with Gasteiger partial charge >= 0.3 is 5.97 Å². The van der Waals surface area contributed by atoms with Gasteiger partial charge in [-0.1, -0.05) is 13.8 Å². The Kier molecular flexibility index (Phi) is 4.01. The maximum absolute atomic E-state index is 11.6. The average molecular weight is 296 g/mol. The highest BCUT2D eigenvalue weighted by molar-refractivity contribution is 7.14. The molecule has 0 saturated carbocycles. The quantitative estimate of drug-likeness (QED) is 0.913. The fraction of sp³-hybridized carbons (Fsp3) is 0.462. The lowest BCUT2D eigenvalue weighted by Gasteiger charge is -2.24. The van der Waals surface area contributed by atoms with Gasteiger partial charge in [0.25, 0.3) is 0 Å². The zero-order valence-corrected chi connectivity index (χ0v) is 12.8. The Hall–Kier alpha value is -1.27. The molecule has 0 aliphatic heterocycles. The molecule has 0 unspecified atom stereocenters.